The number of cyclic esters (lactones) is 1. The van der Waals surface area contributed by atoms with Crippen LogP contribution in [0.25, 0.3) is 0 Å². The molecule has 3 aliphatic rings. The number of carbonyl (C=O) groups is 4. The predicted octanol–water partition coefficient (Wildman–Crippen LogP) is 1.27. The molecule has 3 aliphatic heterocycles. The van der Waals surface area contributed by atoms with Crippen molar-refractivity contribution in [3.63, 3.8) is 0 Å². The van der Waals surface area contributed by atoms with E-state index in [-0.39, 0.29) is 37.2 Å². The Bertz CT molecular complexity index is 1530. The van der Waals surface area contributed by atoms with Crippen LogP contribution in [-0.2, 0) is 45.1 Å². The molecule has 1 aromatic heterocycles. The molecule has 284 valence electrons. The number of alkyl carbamates (subject to hydrolysis) is 1. The first-order valence-electron chi connectivity index (χ1n) is 17.2. The minimum Gasteiger partial charge on any atom is -0.455 e. The molecule has 3 saturated heterocycles. The third-order valence-corrected chi connectivity index (χ3v) is 10.3. The Labute approximate surface area is 297 Å². The summed E-state index contributed by atoms with van der Waals surface area (Å²) in [5, 5.41) is 25.6. The second kappa shape index (κ2) is 15.6. The van der Waals surface area contributed by atoms with E-state index in [0.29, 0.717) is 6.42 Å². The fraction of sp³-hybridized carbons (Fsp3) is 0.794. The van der Waals surface area contributed by atoms with Crippen molar-refractivity contribution in [3.8, 4) is 11.8 Å². The number of aliphatic hydroxyl groups excluding tert-OH is 1. The Morgan fingerprint density at radius 2 is 1.84 bits per heavy atom. The van der Waals surface area contributed by atoms with E-state index in [1.54, 1.807) is 48.8 Å². The van der Waals surface area contributed by atoms with Crippen LogP contribution >= 0.6 is 0 Å². The van der Waals surface area contributed by atoms with Gasteiger partial charge in [0.25, 0.3) is 5.67 Å². The second-order valence-corrected chi connectivity index (χ2v) is 14.6. The molecule has 0 spiro atoms. The number of likely N-dealkylation sites (N-methyl/N-ethyl adjacent to an activating group) is 1. The lowest BCUT2D eigenvalue weighted by Gasteiger charge is -2.46. The zero-order valence-corrected chi connectivity index (χ0v) is 31.0. The van der Waals surface area contributed by atoms with Gasteiger partial charge in [-0.05, 0) is 72.2 Å². The summed E-state index contributed by atoms with van der Waals surface area (Å²) in [6.45, 7) is 10.4. The molecule has 1 amide bonds. The zero-order valence-electron chi connectivity index (χ0n) is 31.0. The van der Waals surface area contributed by atoms with Gasteiger partial charge in [0.05, 0.1) is 30.9 Å². The minimum absolute atomic E-state index is 0.0827. The summed E-state index contributed by atoms with van der Waals surface area (Å²) >= 11 is 0. The molecule has 4 heterocycles. The molecule has 0 radical (unpaired) electrons. The SMILES string of the molecule is CC[C@@H]1OC(=O)[C@@](C)(F)C(=O)C[C@@H](OC2O[C@H](C)C[C@H](N(C)C)[C@H]2O)[C@@](C)(OCC#Cc2nnn(C)n2)C[C@@H](C)C(=O)[C@@H](C)[C@H]2NC(=O)O[C@]12C. The van der Waals surface area contributed by atoms with Crippen molar-refractivity contribution in [3.05, 3.63) is 5.82 Å². The number of hydrogen-bond donors (Lipinski definition) is 2. The molecule has 16 nitrogen and oxygen atoms in total. The first-order chi connectivity index (χ1) is 23.7. The number of ketones is 2. The van der Waals surface area contributed by atoms with Crippen molar-refractivity contribution in [2.24, 2.45) is 18.9 Å². The number of aliphatic hydroxyl groups is 1. The van der Waals surface area contributed by atoms with Crippen LogP contribution in [0, 0.1) is 23.7 Å². The number of fused-ring (bicyclic) bond motifs is 1. The van der Waals surface area contributed by atoms with E-state index in [1.165, 1.54) is 11.7 Å². The topological polar surface area (TPSA) is 194 Å². The van der Waals surface area contributed by atoms with Gasteiger partial charge < -0.3 is 39.0 Å². The number of halogens is 1. The molecule has 1 unspecified atom stereocenters. The van der Waals surface area contributed by atoms with Crippen molar-refractivity contribution in [1.29, 1.82) is 0 Å². The van der Waals surface area contributed by atoms with E-state index in [1.807, 2.05) is 11.8 Å². The zero-order chi connectivity index (χ0) is 38.1. The van der Waals surface area contributed by atoms with Gasteiger partial charge in [0, 0.05) is 24.3 Å². The van der Waals surface area contributed by atoms with Crippen LogP contribution in [0.4, 0.5) is 9.18 Å². The largest absolute Gasteiger partial charge is 0.455 e. The van der Waals surface area contributed by atoms with Gasteiger partial charge in [0.15, 0.2) is 17.7 Å². The van der Waals surface area contributed by atoms with Crippen LogP contribution in [0.3, 0.4) is 0 Å². The summed E-state index contributed by atoms with van der Waals surface area (Å²) in [4.78, 5) is 57.2. The number of hydrogen-bond acceptors (Lipinski definition) is 14. The molecule has 2 N–H and O–H groups in total. The van der Waals surface area contributed by atoms with Gasteiger partial charge in [-0.25, -0.2) is 14.0 Å². The van der Waals surface area contributed by atoms with Crippen LogP contribution in [0.1, 0.15) is 80.0 Å². The number of carbonyl (C=O) groups excluding carboxylic acids is 4. The number of nitrogens with zero attached hydrogens (tertiary/aromatic N) is 5. The first kappa shape index (κ1) is 40.2. The average molecular weight is 723 g/mol. The van der Waals surface area contributed by atoms with Gasteiger partial charge >= 0.3 is 12.1 Å². The van der Waals surface area contributed by atoms with Crippen LogP contribution in [-0.4, -0.2) is 134 Å². The number of ether oxygens (including phenoxy) is 5. The van der Waals surface area contributed by atoms with Crippen molar-refractivity contribution in [2.45, 2.75) is 134 Å². The molecule has 51 heavy (non-hydrogen) atoms. The Hall–Kier alpha value is -3.56. The van der Waals surface area contributed by atoms with Gasteiger partial charge in [0.2, 0.25) is 5.82 Å². The summed E-state index contributed by atoms with van der Waals surface area (Å²) in [6.07, 6.45) is -6.54. The summed E-state index contributed by atoms with van der Waals surface area (Å²) in [5.74, 6) is 0.995. The van der Waals surface area contributed by atoms with Crippen LogP contribution in [0.2, 0.25) is 0 Å². The molecule has 0 aliphatic carbocycles. The number of nitrogens with one attached hydrogen (secondary N) is 1. The monoisotopic (exact) mass is 722 g/mol. The third-order valence-electron chi connectivity index (χ3n) is 10.3. The lowest BCUT2D eigenvalue weighted by molar-refractivity contribution is -0.290. The molecule has 3 fully saturated rings. The lowest BCUT2D eigenvalue weighted by atomic mass is 9.75. The molecule has 4 rings (SSSR count). The fourth-order valence-corrected chi connectivity index (χ4v) is 7.25. The average Bonchev–Trinajstić information content (AvgIpc) is 3.62. The molecular weight excluding hydrogens is 671 g/mol. The number of tetrazole rings is 1. The lowest BCUT2D eigenvalue weighted by Crippen LogP contribution is -2.60. The Morgan fingerprint density at radius 3 is 2.45 bits per heavy atom. The summed E-state index contributed by atoms with van der Waals surface area (Å²) in [5.41, 5.74) is -6.33. The van der Waals surface area contributed by atoms with Gasteiger partial charge in [0.1, 0.15) is 24.6 Å². The number of Topliss-reactive ketones (excluding diaryl/α,β-unsaturated/α-hetero) is 2. The van der Waals surface area contributed by atoms with Gasteiger partial charge in [-0.3, -0.25) is 9.59 Å². The summed E-state index contributed by atoms with van der Waals surface area (Å²) in [6, 6.07) is -1.36. The standard InChI is InChI=1S/C34H51FN6O10/c1-11-23-34(7)28(36-31(46)51-34)20(4)26(43)18(2)17-32(5,47-14-12-13-25-37-39-41(10)38-25)24(16-22(42)33(6,35)30(45)50-23)49-29-27(44)21(40(8)9)15-19(3)48-29/h18-21,23-24,27-29,44H,11,14-17H2,1-10H3,(H,36,46)/t18-,19-,20-,21+,23+,24-,27-,28-,29?,32+,33+,34-/m1/s1. The van der Waals surface area contributed by atoms with Gasteiger partial charge in [-0.2, -0.15) is 4.80 Å². The number of rotatable bonds is 6. The maximum Gasteiger partial charge on any atom is 0.408 e. The quantitative estimate of drug-likeness (QED) is 0.242. The first-order valence-corrected chi connectivity index (χ1v) is 17.2. The smallest absolute Gasteiger partial charge is 0.408 e. The number of aromatic nitrogens is 4. The van der Waals surface area contributed by atoms with Crippen LogP contribution < -0.4 is 5.32 Å². The number of esters is 1. The number of alkyl halides is 1. The molecule has 17 heteroatoms. The third kappa shape index (κ3) is 8.57. The molecule has 0 saturated carbocycles. The molecule has 0 aromatic carbocycles. The molecular formula is C34H51FN6O10. The number of aryl methyl sites for hydroxylation is 1. The highest BCUT2D eigenvalue weighted by Gasteiger charge is 2.58. The van der Waals surface area contributed by atoms with Crippen molar-refractivity contribution in [2.75, 3.05) is 20.7 Å². The highest BCUT2D eigenvalue weighted by Crippen LogP contribution is 2.40. The summed E-state index contributed by atoms with van der Waals surface area (Å²) in [7, 11) is 5.18. The Morgan fingerprint density at radius 1 is 1.16 bits per heavy atom. The highest BCUT2D eigenvalue weighted by atomic mass is 19.1. The predicted molar refractivity (Wildman–Crippen MR) is 176 cm³/mol. The van der Waals surface area contributed by atoms with E-state index in [9.17, 15) is 24.3 Å². The van der Waals surface area contributed by atoms with Crippen molar-refractivity contribution < 1.29 is 52.4 Å². The van der Waals surface area contributed by atoms with Gasteiger partial charge in [-0.15, -0.1) is 5.10 Å². The van der Waals surface area contributed by atoms with Crippen LogP contribution in [0.15, 0.2) is 0 Å². The fourth-order valence-electron chi connectivity index (χ4n) is 7.25. The Kier molecular flexibility index (Phi) is 12.3. The van der Waals surface area contributed by atoms with Gasteiger partial charge in [-0.1, -0.05) is 31.8 Å². The van der Waals surface area contributed by atoms with Crippen molar-refractivity contribution in [1.82, 2.24) is 30.4 Å². The molecule has 12 atom stereocenters. The Balaban J connectivity index is 1.80. The maximum atomic E-state index is 16.5. The van der Waals surface area contributed by atoms with E-state index in [2.05, 4.69) is 32.6 Å². The van der Waals surface area contributed by atoms with Crippen molar-refractivity contribution >= 4 is 23.6 Å². The highest BCUT2D eigenvalue weighted by molar-refractivity contribution is 6.07. The molecule has 0 bridgehead atoms. The second-order valence-electron chi connectivity index (χ2n) is 14.6. The van der Waals surface area contributed by atoms with E-state index in [4.69, 9.17) is 23.7 Å². The number of amides is 1. The molecule has 1 aromatic rings. The van der Waals surface area contributed by atoms with Crippen LogP contribution in [0.5, 0.6) is 0 Å². The minimum atomic E-state index is -3.18. The maximum absolute atomic E-state index is 16.5. The normalized spacial score (nSPS) is 39.7. The van der Waals surface area contributed by atoms with E-state index < -0.39 is 89.7 Å². The van der Waals surface area contributed by atoms with E-state index >= 15 is 4.39 Å². The summed E-state index contributed by atoms with van der Waals surface area (Å²) < 4.78 is 46.4. The van der Waals surface area contributed by atoms with E-state index in [0.717, 1.165) is 6.92 Å².